The third kappa shape index (κ3) is 3.73. The lowest BCUT2D eigenvalue weighted by atomic mass is 9.84. The summed E-state index contributed by atoms with van der Waals surface area (Å²) in [7, 11) is 2.12. The molecule has 1 aliphatic rings. The normalized spacial score (nSPS) is 23.3. The van der Waals surface area contributed by atoms with Crippen LogP contribution in [0.2, 0.25) is 0 Å². The zero-order valence-corrected chi connectivity index (χ0v) is 12.7. The Labute approximate surface area is 118 Å². The lowest BCUT2D eigenvalue weighted by Crippen LogP contribution is -2.43. The highest BCUT2D eigenvalue weighted by atomic mass is 15.1. The van der Waals surface area contributed by atoms with E-state index in [0.29, 0.717) is 6.04 Å². The molecular weight excluding hydrogens is 232 g/mol. The number of hydrogen-bond donors (Lipinski definition) is 1. The average molecular weight is 260 g/mol. The zero-order chi connectivity index (χ0) is 13.7. The molecular formula is C17H28N2. The molecule has 2 atom stereocenters. The summed E-state index contributed by atoms with van der Waals surface area (Å²) in [6.07, 6.45) is 5.49. The second-order valence-corrected chi connectivity index (χ2v) is 5.81. The van der Waals surface area contributed by atoms with E-state index in [-0.39, 0.29) is 0 Å². The molecule has 0 saturated heterocycles. The highest BCUT2D eigenvalue weighted by molar-refractivity contribution is 5.47. The van der Waals surface area contributed by atoms with Gasteiger partial charge in [0.25, 0.3) is 0 Å². The van der Waals surface area contributed by atoms with E-state index >= 15 is 0 Å². The lowest BCUT2D eigenvalue weighted by Gasteiger charge is -2.36. The van der Waals surface area contributed by atoms with E-state index in [1.807, 2.05) is 0 Å². The van der Waals surface area contributed by atoms with E-state index in [0.717, 1.165) is 12.5 Å². The van der Waals surface area contributed by atoms with Crippen molar-refractivity contribution in [1.29, 1.82) is 0 Å². The van der Waals surface area contributed by atoms with Gasteiger partial charge in [-0.25, -0.2) is 0 Å². The largest absolute Gasteiger partial charge is 0.371 e. The molecule has 2 nitrogen and oxygen atoms in total. The summed E-state index contributed by atoms with van der Waals surface area (Å²) < 4.78 is 0. The van der Waals surface area contributed by atoms with Crippen molar-refractivity contribution in [2.24, 2.45) is 5.92 Å². The molecule has 0 heterocycles. The van der Waals surface area contributed by atoms with E-state index in [9.17, 15) is 0 Å². The van der Waals surface area contributed by atoms with Crippen LogP contribution in [0.4, 0.5) is 5.69 Å². The molecule has 0 aromatic heterocycles. The van der Waals surface area contributed by atoms with E-state index in [1.54, 1.807) is 0 Å². The Morgan fingerprint density at radius 3 is 2.47 bits per heavy atom. The molecule has 0 bridgehead atoms. The minimum absolute atomic E-state index is 0.702. The van der Waals surface area contributed by atoms with Crippen LogP contribution in [0.3, 0.4) is 0 Å². The summed E-state index contributed by atoms with van der Waals surface area (Å²) in [5.41, 5.74) is 2.71. The molecule has 0 aliphatic heterocycles. The molecule has 0 amide bonds. The number of aryl methyl sites for hydroxylation is 1. The SMILES string of the molecule is CCN(CC1CCCCC1NC)c1ccc(C)cc1. The fourth-order valence-corrected chi connectivity index (χ4v) is 3.26. The molecule has 0 spiro atoms. The molecule has 106 valence electrons. The van der Waals surface area contributed by atoms with Gasteiger partial charge in [0.1, 0.15) is 0 Å². The smallest absolute Gasteiger partial charge is 0.0366 e. The predicted molar refractivity (Wildman–Crippen MR) is 83.9 cm³/mol. The summed E-state index contributed by atoms with van der Waals surface area (Å²) >= 11 is 0. The van der Waals surface area contributed by atoms with Gasteiger partial charge in [-0.1, -0.05) is 30.5 Å². The van der Waals surface area contributed by atoms with E-state index in [1.165, 1.54) is 43.5 Å². The van der Waals surface area contributed by atoms with Gasteiger partial charge in [0.15, 0.2) is 0 Å². The minimum atomic E-state index is 0.702. The van der Waals surface area contributed by atoms with Crippen molar-refractivity contribution in [2.75, 3.05) is 25.0 Å². The first-order valence-electron chi connectivity index (χ1n) is 7.73. The number of hydrogen-bond acceptors (Lipinski definition) is 2. The predicted octanol–water partition coefficient (Wildman–Crippen LogP) is 3.60. The Morgan fingerprint density at radius 2 is 1.84 bits per heavy atom. The van der Waals surface area contributed by atoms with Crippen molar-refractivity contribution < 1.29 is 0 Å². The molecule has 0 radical (unpaired) electrons. The van der Waals surface area contributed by atoms with Crippen molar-refractivity contribution in [1.82, 2.24) is 5.32 Å². The quantitative estimate of drug-likeness (QED) is 0.870. The van der Waals surface area contributed by atoms with Crippen LogP contribution in [0.5, 0.6) is 0 Å². The summed E-state index contributed by atoms with van der Waals surface area (Å²) in [6, 6.07) is 9.66. The summed E-state index contributed by atoms with van der Waals surface area (Å²) in [5.74, 6) is 0.792. The standard InChI is InChI=1S/C17H28N2/c1-4-19(16-11-9-14(2)10-12-16)13-15-7-5-6-8-17(15)18-3/h9-12,15,17-18H,4-8,13H2,1-3H3. The van der Waals surface area contributed by atoms with E-state index in [4.69, 9.17) is 0 Å². The maximum atomic E-state index is 3.52. The zero-order valence-electron chi connectivity index (χ0n) is 12.7. The fourth-order valence-electron chi connectivity index (χ4n) is 3.26. The monoisotopic (exact) mass is 260 g/mol. The van der Waals surface area contributed by atoms with Crippen LogP contribution in [0.25, 0.3) is 0 Å². The van der Waals surface area contributed by atoms with Gasteiger partial charge in [-0.05, 0) is 51.8 Å². The number of rotatable bonds is 5. The van der Waals surface area contributed by atoms with Gasteiger partial charge < -0.3 is 10.2 Å². The second-order valence-electron chi connectivity index (χ2n) is 5.81. The summed E-state index contributed by atoms with van der Waals surface area (Å²) in [4.78, 5) is 2.53. The van der Waals surface area contributed by atoms with Crippen LogP contribution >= 0.6 is 0 Å². The Hall–Kier alpha value is -1.02. The fraction of sp³-hybridized carbons (Fsp3) is 0.647. The average Bonchev–Trinajstić information content (AvgIpc) is 2.46. The van der Waals surface area contributed by atoms with E-state index < -0.39 is 0 Å². The maximum absolute atomic E-state index is 3.52. The van der Waals surface area contributed by atoms with E-state index in [2.05, 4.69) is 55.4 Å². The van der Waals surface area contributed by atoms with Crippen LogP contribution in [0, 0.1) is 12.8 Å². The first-order valence-corrected chi connectivity index (χ1v) is 7.73. The lowest BCUT2D eigenvalue weighted by molar-refractivity contribution is 0.276. The maximum Gasteiger partial charge on any atom is 0.0366 e. The molecule has 1 aliphatic carbocycles. The molecule has 1 aromatic carbocycles. The van der Waals surface area contributed by atoms with Crippen molar-refractivity contribution in [3.8, 4) is 0 Å². The summed E-state index contributed by atoms with van der Waals surface area (Å²) in [5, 5.41) is 3.52. The van der Waals surface area contributed by atoms with Crippen LogP contribution < -0.4 is 10.2 Å². The topological polar surface area (TPSA) is 15.3 Å². The van der Waals surface area contributed by atoms with Crippen LogP contribution in [-0.4, -0.2) is 26.2 Å². The first kappa shape index (κ1) is 14.4. The van der Waals surface area contributed by atoms with Gasteiger partial charge in [-0.3, -0.25) is 0 Å². The Morgan fingerprint density at radius 1 is 1.16 bits per heavy atom. The van der Waals surface area contributed by atoms with Crippen molar-refractivity contribution >= 4 is 5.69 Å². The van der Waals surface area contributed by atoms with Crippen molar-refractivity contribution in [3.05, 3.63) is 29.8 Å². The van der Waals surface area contributed by atoms with Crippen molar-refractivity contribution in [3.63, 3.8) is 0 Å². The highest BCUT2D eigenvalue weighted by Gasteiger charge is 2.25. The minimum Gasteiger partial charge on any atom is -0.371 e. The Kier molecular flexibility index (Phi) is 5.26. The third-order valence-corrected chi connectivity index (χ3v) is 4.52. The molecule has 1 aromatic rings. The first-order chi connectivity index (χ1) is 9.24. The van der Waals surface area contributed by atoms with Gasteiger partial charge >= 0.3 is 0 Å². The van der Waals surface area contributed by atoms with Crippen LogP contribution in [-0.2, 0) is 0 Å². The van der Waals surface area contributed by atoms with Gasteiger partial charge in [-0.15, -0.1) is 0 Å². The van der Waals surface area contributed by atoms with Crippen LogP contribution in [0.1, 0.15) is 38.2 Å². The Bertz CT molecular complexity index is 371. The molecule has 2 unspecified atom stereocenters. The van der Waals surface area contributed by atoms with Gasteiger partial charge in [0.05, 0.1) is 0 Å². The number of nitrogens with one attached hydrogen (secondary N) is 1. The van der Waals surface area contributed by atoms with Gasteiger partial charge in [0.2, 0.25) is 0 Å². The second kappa shape index (κ2) is 6.95. The van der Waals surface area contributed by atoms with Crippen LogP contribution in [0.15, 0.2) is 24.3 Å². The molecule has 19 heavy (non-hydrogen) atoms. The number of anilines is 1. The summed E-state index contributed by atoms with van der Waals surface area (Å²) in [6.45, 7) is 6.69. The molecule has 2 heteroatoms. The number of nitrogens with zero attached hydrogens (tertiary/aromatic N) is 1. The third-order valence-electron chi connectivity index (χ3n) is 4.52. The molecule has 1 saturated carbocycles. The van der Waals surface area contributed by atoms with Gasteiger partial charge in [-0.2, -0.15) is 0 Å². The molecule has 1 fully saturated rings. The Balaban J connectivity index is 2.03. The highest BCUT2D eigenvalue weighted by Crippen LogP contribution is 2.27. The number of benzene rings is 1. The van der Waals surface area contributed by atoms with Gasteiger partial charge in [0, 0.05) is 24.8 Å². The molecule has 1 N–H and O–H groups in total. The van der Waals surface area contributed by atoms with Crippen molar-refractivity contribution in [2.45, 2.75) is 45.6 Å². The molecule has 2 rings (SSSR count).